The average molecular weight is 349 g/mol. The van der Waals surface area contributed by atoms with Crippen molar-refractivity contribution in [1.82, 2.24) is 9.29 Å². The van der Waals surface area contributed by atoms with Crippen molar-refractivity contribution in [2.75, 3.05) is 19.4 Å². The molecule has 0 aliphatic carbocycles. The van der Waals surface area contributed by atoms with Crippen molar-refractivity contribution in [3.8, 4) is 0 Å². The average Bonchev–Trinajstić information content (AvgIpc) is 2.81. The molecule has 2 aromatic rings. The largest absolute Gasteiger partial charge is 0.593 e. The summed E-state index contributed by atoms with van der Waals surface area (Å²) in [6.45, 7) is 5.89. The quantitative estimate of drug-likeness (QED) is 0.814. The maximum absolute atomic E-state index is 12.5. The summed E-state index contributed by atoms with van der Waals surface area (Å²) >= 11 is 0. The normalized spacial score (nSPS) is 13.8. The van der Waals surface area contributed by atoms with E-state index >= 15 is 0 Å². The van der Waals surface area contributed by atoms with Gasteiger partial charge in [0.1, 0.15) is 5.69 Å². The predicted octanol–water partition coefficient (Wildman–Crippen LogP) is 2.91. The molecule has 1 amide bonds. The first kappa shape index (κ1) is 18.4. The van der Waals surface area contributed by atoms with Crippen LogP contribution in [0.25, 0.3) is 0 Å². The lowest BCUT2D eigenvalue weighted by Gasteiger charge is -2.20. The minimum atomic E-state index is -3.54. The van der Waals surface area contributed by atoms with Gasteiger partial charge in [0.25, 0.3) is 5.91 Å². The minimum absolute atomic E-state index is 0.138. The molecule has 0 saturated heterocycles. The second-order valence-electron chi connectivity index (χ2n) is 5.85. The van der Waals surface area contributed by atoms with Crippen molar-refractivity contribution in [3.05, 3.63) is 46.8 Å². The first-order valence-electron chi connectivity index (χ1n) is 7.70. The van der Waals surface area contributed by atoms with E-state index in [1.165, 1.54) is 26.2 Å². The Balaban J connectivity index is 2.29. The number of anilines is 1. The number of benzene rings is 1. The summed E-state index contributed by atoms with van der Waals surface area (Å²) < 4.78 is 25.5. The van der Waals surface area contributed by atoms with E-state index in [0.717, 1.165) is 27.5 Å². The zero-order valence-electron chi connectivity index (χ0n) is 14.6. The fraction of sp³-hybridized carbons (Fsp3) is 0.353. The summed E-state index contributed by atoms with van der Waals surface area (Å²) in [6, 6.07) is 6.23. The molecule has 1 heterocycles. The summed E-state index contributed by atoms with van der Waals surface area (Å²) in [6.07, 6.45) is 0.845. The molecule has 1 unspecified atom stereocenters. The molecule has 0 aliphatic rings. The van der Waals surface area contributed by atoms with E-state index in [4.69, 9.17) is 0 Å². The number of aromatic nitrogens is 1. The molecule has 6 nitrogen and oxygen atoms in total. The third-order valence-corrected chi connectivity index (χ3v) is 5.86. The van der Waals surface area contributed by atoms with Crippen LogP contribution in [0, 0.1) is 13.8 Å². The minimum Gasteiger partial charge on any atom is -0.593 e. The van der Waals surface area contributed by atoms with Crippen LogP contribution in [0.15, 0.2) is 29.2 Å². The number of rotatable bonds is 5. The zero-order valence-corrected chi connectivity index (χ0v) is 15.4. The van der Waals surface area contributed by atoms with Gasteiger partial charge in [0.15, 0.2) is 15.3 Å². The number of nitrogens with zero attached hydrogens (tertiary/aromatic N) is 1. The second kappa shape index (κ2) is 6.88. The molecule has 0 spiro atoms. The molecule has 0 radical (unpaired) electrons. The number of aromatic amines is 1. The first-order chi connectivity index (χ1) is 11.2. The smallest absolute Gasteiger partial charge is 0.272 e. The molecule has 130 valence electrons. The molecule has 0 aliphatic heterocycles. The maximum Gasteiger partial charge on any atom is 0.272 e. The Bertz CT molecular complexity index is 811. The van der Waals surface area contributed by atoms with Crippen molar-refractivity contribution in [1.29, 1.82) is 0 Å². The van der Waals surface area contributed by atoms with E-state index in [1.54, 1.807) is 12.1 Å². The topological polar surface area (TPSA) is 88.3 Å². The first-order valence-corrected chi connectivity index (χ1v) is 9.14. The molecular weight excluding hydrogens is 326 g/mol. The molecule has 2 rings (SSSR count). The van der Waals surface area contributed by atoms with Gasteiger partial charge in [0, 0.05) is 31.5 Å². The van der Waals surface area contributed by atoms with Gasteiger partial charge in [-0.05, 0) is 43.5 Å². The Morgan fingerprint density at radius 2 is 2.00 bits per heavy atom. The number of aryl methyl sites for hydroxylation is 1. The molecule has 0 saturated carbocycles. The van der Waals surface area contributed by atoms with Crippen molar-refractivity contribution < 1.29 is 13.6 Å². The van der Waals surface area contributed by atoms with Crippen LogP contribution in [-0.4, -0.2) is 33.8 Å². The van der Waals surface area contributed by atoms with Crippen LogP contribution in [0.1, 0.15) is 34.2 Å². The second-order valence-corrected chi connectivity index (χ2v) is 8.00. The van der Waals surface area contributed by atoms with Crippen molar-refractivity contribution >= 4 is 22.0 Å². The van der Waals surface area contributed by atoms with Crippen LogP contribution in [-0.2, 0) is 21.0 Å². The van der Waals surface area contributed by atoms with Gasteiger partial charge in [0.05, 0.1) is 0 Å². The maximum atomic E-state index is 12.5. The van der Waals surface area contributed by atoms with E-state index in [1.807, 2.05) is 20.8 Å². The Morgan fingerprint density at radius 3 is 2.54 bits per heavy atom. The third kappa shape index (κ3) is 3.43. The fourth-order valence-electron chi connectivity index (χ4n) is 2.68. The number of amides is 1. The van der Waals surface area contributed by atoms with E-state index in [9.17, 15) is 13.6 Å². The Hall–Kier alpha value is -1.96. The van der Waals surface area contributed by atoms with E-state index in [2.05, 4.69) is 10.3 Å². The Labute approximate surface area is 143 Å². The van der Waals surface area contributed by atoms with Gasteiger partial charge < -0.3 is 14.9 Å². The van der Waals surface area contributed by atoms with Gasteiger partial charge >= 0.3 is 0 Å². The summed E-state index contributed by atoms with van der Waals surface area (Å²) in [4.78, 5) is 15.8. The third-order valence-electron chi connectivity index (χ3n) is 4.04. The summed E-state index contributed by atoms with van der Waals surface area (Å²) in [5, 5.41) is 2.76. The fourth-order valence-corrected chi connectivity index (χ4v) is 3.63. The van der Waals surface area contributed by atoms with E-state index in [0.29, 0.717) is 11.4 Å². The Morgan fingerprint density at radius 1 is 1.33 bits per heavy atom. The molecular formula is C17H23N3O3S. The monoisotopic (exact) mass is 349 g/mol. The van der Waals surface area contributed by atoms with Crippen molar-refractivity contribution in [3.63, 3.8) is 0 Å². The molecule has 7 heteroatoms. The Kier molecular flexibility index (Phi) is 5.27. The lowest BCUT2D eigenvalue weighted by molar-refractivity contribution is 0.102. The zero-order chi connectivity index (χ0) is 18.1. The van der Waals surface area contributed by atoms with Crippen LogP contribution in [0.2, 0.25) is 0 Å². The van der Waals surface area contributed by atoms with E-state index < -0.39 is 10.4 Å². The number of hydrogen-bond acceptors (Lipinski definition) is 3. The number of sulfonamides is 1. The summed E-state index contributed by atoms with van der Waals surface area (Å²) in [5.74, 6) is -0.283. The number of H-pyrrole nitrogens is 1. The number of nitrogens with one attached hydrogen (secondary N) is 2. The molecule has 1 aromatic heterocycles. The van der Waals surface area contributed by atoms with Gasteiger partial charge in [0.2, 0.25) is 0 Å². The van der Waals surface area contributed by atoms with Crippen molar-refractivity contribution in [2.45, 2.75) is 32.1 Å². The van der Waals surface area contributed by atoms with Crippen LogP contribution in [0.5, 0.6) is 0 Å². The summed E-state index contributed by atoms with van der Waals surface area (Å²) in [7, 11) is -0.600. The molecule has 1 atom stereocenters. The number of carbonyl (C=O) groups excluding carboxylic acids is 1. The highest BCUT2D eigenvalue weighted by Gasteiger charge is 2.24. The molecule has 2 N–H and O–H groups in total. The van der Waals surface area contributed by atoms with Gasteiger partial charge in [-0.1, -0.05) is 17.2 Å². The molecule has 0 fully saturated rings. The van der Waals surface area contributed by atoms with Crippen LogP contribution >= 0.6 is 0 Å². The van der Waals surface area contributed by atoms with E-state index in [-0.39, 0.29) is 10.8 Å². The lowest BCUT2D eigenvalue weighted by atomic mass is 10.1. The van der Waals surface area contributed by atoms with Crippen LogP contribution in [0.3, 0.4) is 0 Å². The van der Waals surface area contributed by atoms with Gasteiger partial charge in [-0.3, -0.25) is 4.79 Å². The number of hydrogen-bond donors (Lipinski definition) is 2. The van der Waals surface area contributed by atoms with Crippen molar-refractivity contribution in [2.24, 2.45) is 0 Å². The molecule has 24 heavy (non-hydrogen) atoms. The summed E-state index contributed by atoms with van der Waals surface area (Å²) in [5.41, 5.74) is 3.97. The standard InChI is InChI=1S/C17H23N3O3S/c1-6-15-11(2)16(18-12(15)3)17(21)19-13-8-7-9-14(10-13)24(22,23)20(4)5/h7-10H,6H2,1-5H3,(H2-,18,19,21,22,23). The van der Waals surface area contributed by atoms with Gasteiger partial charge in [-0.15, -0.1) is 4.31 Å². The highest BCUT2D eigenvalue weighted by molar-refractivity contribution is 7.95. The molecule has 1 aromatic carbocycles. The molecule has 0 bridgehead atoms. The number of carbonyl (C=O) groups is 1. The highest BCUT2D eigenvalue weighted by Crippen LogP contribution is 2.23. The predicted molar refractivity (Wildman–Crippen MR) is 94.8 cm³/mol. The van der Waals surface area contributed by atoms with Gasteiger partial charge in [-0.2, -0.15) is 0 Å². The van der Waals surface area contributed by atoms with Gasteiger partial charge in [-0.25, -0.2) is 0 Å². The van der Waals surface area contributed by atoms with Crippen LogP contribution < -0.4 is 5.32 Å². The SMILES string of the molecule is CCc1c(C)[nH]c(C(=O)Nc2cccc([S+](=O)([O-])N(C)C)c2)c1C. The lowest BCUT2D eigenvalue weighted by Crippen LogP contribution is -2.29. The highest BCUT2D eigenvalue weighted by atomic mass is 32.3. The van der Waals surface area contributed by atoms with Crippen LogP contribution in [0.4, 0.5) is 5.69 Å².